The molecule has 1 aromatic heterocycles. The Balaban J connectivity index is 1.07. The number of benzene rings is 4. The Hall–Kier alpha value is -5.56. The van der Waals surface area contributed by atoms with Gasteiger partial charge in [0.2, 0.25) is 17.7 Å². The van der Waals surface area contributed by atoms with Gasteiger partial charge in [0, 0.05) is 67.4 Å². The lowest BCUT2D eigenvalue weighted by Crippen LogP contribution is -2.56. The van der Waals surface area contributed by atoms with Gasteiger partial charge < -0.3 is 39.8 Å². The number of nitrogens with zero attached hydrogens (tertiary/aromatic N) is 5. The molecular weight excluding hydrogens is 1020 g/mol. The number of carbonyl (C=O) groups is 3. The van der Waals surface area contributed by atoms with Crippen LogP contribution in [0.15, 0.2) is 103 Å². The Morgan fingerprint density at radius 2 is 1.54 bits per heavy atom. The molecule has 1 aliphatic carbocycles. The number of methoxy groups -OCH3 is 1. The number of likely N-dealkylation sites (tertiary alicyclic amines) is 1. The molecule has 2 fully saturated rings. The van der Waals surface area contributed by atoms with Crippen LogP contribution in [-0.2, 0) is 52.1 Å². The van der Waals surface area contributed by atoms with E-state index in [1.54, 1.807) is 37.4 Å². The highest BCUT2D eigenvalue weighted by Gasteiger charge is 2.62. The van der Waals surface area contributed by atoms with Gasteiger partial charge >= 0.3 is 11.8 Å². The zero-order valence-electron chi connectivity index (χ0n) is 43.9. The molecule has 0 spiro atoms. The number of aromatic nitrogens is 2. The molecule has 3 amide bonds. The molecule has 3 N–H and O–H groups in total. The second-order valence-corrected chi connectivity index (χ2v) is 21.4. The molecule has 0 unspecified atom stereocenters. The van der Waals surface area contributed by atoms with Crippen molar-refractivity contribution in [1.29, 1.82) is 0 Å². The summed E-state index contributed by atoms with van der Waals surface area (Å²) in [6.45, 7) is -1.87. The van der Waals surface area contributed by atoms with Crippen molar-refractivity contribution >= 4 is 40.9 Å². The summed E-state index contributed by atoms with van der Waals surface area (Å²) in [7, 11) is 8.92. The minimum Gasteiger partial charge on any atom is -0.457 e. The number of likely N-dealkylation sites (N-methyl/N-ethyl adjacent to an activating group) is 1. The number of hydrogen-bond donors (Lipinski definition) is 3. The smallest absolute Gasteiger partial charge is 0.323 e. The van der Waals surface area contributed by atoms with Gasteiger partial charge in [-0.1, -0.05) is 84.6 Å². The van der Waals surface area contributed by atoms with E-state index in [9.17, 15) is 31.9 Å². The van der Waals surface area contributed by atoms with Crippen LogP contribution in [0.4, 0.5) is 17.6 Å². The summed E-state index contributed by atoms with van der Waals surface area (Å²) in [5, 5.41) is 10.4. The van der Waals surface area contributed by atoms with Gasteiger partial charge in [-0.2, -0.15) is 17.6 Å². The number of hydrogen-bond acceptors (Lipinski definition) is 9. The van der Waals surface area contributed by atoms with Crippen LogP contribution in [0.3, 0.4) is 0 Å². The Morgan fingerprint density at radius 3 is 2.22 bits per heavy atom. The third-order valence-electron chi connectivity index (χ3n) is 14.4. The number of alkyl halides is 4. The Kier molecular flexibility index (Phi) is 20.4. The molecule has 1 saturated carbocycles. The fraction of sp³-hybridized carbons (Fsp3) is 0.474. The van der Waals surface area contributed by atoms with E-state index < -0.39 is 54.9 Å². The molecule has 19 heteroatoms. The molecule has 2 aliphatic rings. The van der Waals surface area contributed by atoms with E-state index in [0.29, 0.717) is 40.1 Å². The largest absolute Gasteiger partial charge is 0.457 e. The molecule has 76 heavy (non-hydrogen) atoms. The topological polar surface area (TPSA) is 133 Å². The highest BCUT2D eigenvalue weighted by molar-refractivity contribution is 6.31. The molecule has 1 saturated heterocycles. The van der Waals surface area contributed by atoms with E-state index in [-0.39, 0.29) is 56.8 Å². The van der Waals surface area contributed by atoms with Crippen LogP contribution in [0.25, 0.3) is 11.3 Å². The van der Waals surface area contributed by atoms with Crippen molar-refractivity contribution in [3.63, 3.8) is 0 Å². The van der Waals surface area contributed by atoms with Crippen molar-refractivity contribution in [3.05, 3.63) is 136 Å². The lowest BCUT2D eigenvalue weighted by Gasteiger charge is -2.35. The van der Waals surface area contributed by atoms with E-state index in [4.69, 9.17) is 32.7 Å². The number of imidazole rings is 1. The molecule has 0 bridgehead atoms. The van der Waals surface area contributed by atoms with Crippen molar-refractivity contribution in [2.75, 3.05) is 54.5 Å². The highest BCUT2D eigenvalue weighted by atomic mass is 35.5. The number of halogens is 6. The Bertz CT molecular complexity index is 2680. The summed E-state index contributed by atoms with van der Waals surface area (Å²) in [4.78, 5) is 52.4. The minimum absolute atomic E-state index is 0.0184. The van der Waals surface area contributed by atoms with E-state index in [1.165, 1.54) is 17.6 Å². The van der Waals surface area contributed by atoms with Crippen LogP contribution in [0.5, 0.6) is 11.5 Å². The van der Waals surface area contributed by atoms with Crippen molar-refractivity contribution < 1.29 is 41.4 Å². The fourth-order valence-corrected chi connectivity index (χ4v) is 10.4. The summed E-state index contributed by atoms with van der Waals surface area (Å²) < 4.78 is 70.8. The first-order valence-electron chi connectivity index (χ1n) is 25.9. The van der Waals surface area contributed by atoms with Crippen LogP contribution in [0, 0.1) is 5.92 Å². The Morgan fingerprint density at radius 1 is 0.855 bits per heavy atom. The van der Waals surface area contributed by atoms with Gasteiger partial charge in [0.05, 0.1) is 44.2 Å². The molecule has 13 nitrogen and oxygen atoms in total. The molecule has 4 aromatic carbocycles. The summed E-state index contributed by atoms with van der Waals surface area (Å²) in [5.41, 5.74) is 4.51. The maximum atomic E-state index is 14.7. The lowest BCUT2D eigenvalue weighted by atomic mass is 9.80. The summed E-state index contributed by atoms with van der Waals surface area (Å²) in [6, 6.07) is 27.0. The summed E-state index contributed by atoms with van der Waals surface area (Å²) in [5.74, 6) is -7.64. The number of carbonyl (C=O) groups excluding carboxylic acids is 3. The highest BCUT2D eigenvalue weighted by Crippen LogP contribution is 2.41. The SMILES string of the molecule is COC[C@H](NC(=O)[C@H](CCCN1CC(F)(F)C(F)(F)C1)NCc1ccc(Cl)cc1Oc1ccc(-c2cnc(CN(C)C)n2C)cc1)C(=O)N(C)[C@H](CC(=O)N[C@H]1CCCC[C@@H]1Cc1ccccc1)Cc1ccc(Cl)cc1. The van der Waals surface area contributed by atoms with Gasteiger partial charge in [0.15, 0.2) is 0 Å². The van der Waals surface area contributed by atoms with Crippen molar-refractivity contribution in [2.45, 2.75) is 107 Å². The molecule has 410 valence electrons. The van der Waals surface area contributed by atoms with E-state index in [0.717, 1.165) is 59.6 Å². The van der Waals surface area contributed by atoms with Crippen LogP contribution < -0.4 is 20.7 Å². The van der Waals surface area contributed by atoms with E-state index >= 15 is 0 Å². The van der Waals surface area contributed by atoms with Crippen LogP contribution in [0.2, 0.25) is 10.0 Å². The molecule has 1 aliphatic heterocycles. The first kappa shape index (κ1) is 58.1. The second-order valence-electron chi connectivity index (χ2n) is 20.5. The predicted octanol–water partition coefficient (Wildman–Crippen LogP) is 9.58. The first-order chi connectivity index (χ1) is 36.3. The van der Waals surface area contributed by atoms with Crippen LogP contribution in [0.1, 0.15) is 67.5 Å². The molecule has 5 aromatic rings. The van der Waals surface area contributed by atoms with Gasteiger partial charge in [0.1, 0.15) is 23.4 Å². The zero-order valence-corrected chi connectivity index (χ0v) is 45.4. The van der Waals surface area contributed by atoms with Gasteiger partial charge in [0.25, 0.3) is 0 Å². The maximum absolute atomic E-state index is 14.7. The normalized spacial score (nSPS) is 18.5. The molecule has 0 radical (unpaired) electrons. The summed E-state index contributed by atoms with van der Waals surface area (Å²) >= 11 is 12.7. The van der Waals surface area contributed by atoms with Crippen molar-refractivity contribution in [1.82, 2.24) is 40.2 Å². The van der Waals surface area contributed by atoms with Gasteiger partial charge in [-0.05, 0) is 125 Å². The molecular formula is C57H70Cl2F4N8O5. The van der Waals surface area contributed by atoms with Crippen LogP contribution >= 0.6 is 23.2 Å². The minimum atomic E-state index is -4.19. The van der Waals surface area contributed by atoms with Gasteiger partial charge in [-0.15, -0.1) is 0 Å². The summed E-state index contributed by atoms with van der Waals surface area (Å²) in [6.07, 6.45) is 6.95. The first-order valence-corrected chi connectivity index (χ1v) is 26.6. The number of rotatable bonds is 25. The van der Waals surface area contributed by atoms with Crippen molar-refractivity contribution in [3.8, 4) is 22.8 Å². The average molecular weight is 1090 g/mol. The predicted molar refractivity (Wildman–Crippen MR) is 288 cm³/mol. The maximum Gasteiger partial charge on any atom is 0.323 e. The third-order valence-corrected chi connectivity index (χ3v) is 14.9. The lowest BCUT2D eigenvalue weighted by molar-refractivity contribution is -0.172. The quantitative estimate of drug-likeness (QED) is 0.0489. The standard InChI is InChI=1S/C57H70Cl2F4N8O5/c1-68(2)34-52-65-33-50(70(52)4)40-20-25-46(26-21-40)76-51-30-44(59)24-19-42(51)32-64-48(16-11-27-71-36-56(60,61)57(62,63)37-71)54(73)67-49(35-75-5)55(74)69(3)45(29-39-17-22-43(58)23-18-39)31-53(72)66-47-15-10-9-14-41(47)28-38-12-7-6-8-13-38/h6-8,12-13,17-26,30,33,41,45,47-49,64H,9-11,14-16,27-29,31-32,34-37H2,1-5H3,(H,66,72)(H,67,73)/t41-,45+,47+,48+,49+/m1/s1. The van der Waals surface area contributed by atoms with Gasteiger partial charge in [-0.25, -0.2) is 4.98 Å². The van der Waals surface area contributed by atoms with Gasteiger partial charge in [-0.3, -0.25) is 19.3 Å². The number of amides is 3. The Labute approximate surface area is 453 Å². The molecule has 7 rings (SSSR count). The zero-order chi connectivity index (χ0) is 54.6. The number of ether oxygens (including phenoxy) is 2. The van der Waals surface area contributed by atoms with E-state index in [2.05, 4.69) is 33.1 Å². The monoisotopic (exact) mass is 1090 g/mol. The fourth-order valence-electron chi connectivity index (χ4n) is 10.1. The number of nitrogens with one attached hydrogen (secondary N) is 3. The second kappa shape index (κ2) is 26.7. The van der Waals surface area contributed by atoms with Crippen molar-refractivity contribution in [2.24, 2.45) is 13.0 Å². The third kappa shape index (κ3) is 15.8. The average Bonchev–Trinajstić information content (AvgIpc) is 3.84. The van der Waals surface area contributed by atoms with Crippen LogP contribution in [-0.4, -0.2) is 132 Å². The molecule has 2 heterocycles. The van der Waals surface area contributed by atoms with E-state index in [1.807, 2.05) is 91.4 Å². The molecule has 5 atom stereocenters.